The molecule has 0 atom stereocenters. The second kappa shape index (κ2) is 9.22. The van der Waals surface area contributed by atoms with E-state index in [0.717, 1.165) is 0 Å². The summed E-state index contributed by atoms with van der Waals surface area (Å²) in [6.45, 7) is 3.49. The zero-order valence-electron chi connectivity index (χ0n) is 18.9. The normalized spacial score (nSPS) is 13.9. The molecule has 2 heterocycles. The van der Waals surface area contributed by atoms with E-state index in [1.54, 1.807) is 37.7 Å². The number of hydrogen-bond donors (Lipinski definition) is 2. The third kappa shape index (κ3) is 3.92. The van der Waals surface area contributed by atoms with Crippen LogP contribution < -0.4 is 15.4 Å². The van der Waals surface area contributed by atoms with Gasteiger partial charge in [0.15, 0.2) is 0 Å². The van der Waals surface area contributed by atoms with Crippen LogP contribution in [0.15, 0.2) is 54.6 Å². The topological polar surface area (TPSA) is 116 Å². The van der Waals surface area contributed by atoms with Crippen molar-refractivity contribution in [3.05, 3.63) is 71.4 Å². The van der Waals surface area contributed by atoms with E-state index >= 15 is 0 Å². The first-order valence-electron chi connectivity index (χ1n) is 10.6. The van der Waals surface area contributed by atoms with Crippen LogP contribution in [0.2, 0.25) is 0 Å². The van der Waals surface area contributed by atoms with Gasteiger partial charge in [-0.15, -0.1) is 0 Å². The van der Waals surface area contributed by atoms with Crippen LogP contribution in [0, 0.1) is 6.92 Å². The number of nitrogens with zero attached hydrogens (tertiary/aromatic N) is 1. The van der Waals surface area contributed by atoms with Gasteiger partial charge in [-0.05, 0) is 43.7 Å². The fraction of sp³-hybridized carbons (Fsp3) is 0.200. The number of ether oxygens (including phenoxy) is 2. The summed E-state index contributed by atoms with van der Waals surface area (Å²) in [5.74, 6) is -3.10. The van der Waals surface area contributed by atoms with E-state index in [1.807, 2.05) is 42.5 Å². The second-order valence-electron chi connectivity index (χ2n) is 7.58. The molecule has 4 amide bonds. The van der Waals surface area contributed by atoms with Crippen LogP contribution >= 0.6 is 0 Å². The Kier molecular flexibility index (Phi) is 6.18. The Balaban J connectivity index is 2.09. The molecule has 0 aliphatic carbocycles. The third-order valence-corrected chi connectivity index (χ3v) is 5.59. The molecule has 0 spiro atoms. The summed E-state index contributed by atoms with van der Waals surface area (Å²) in [5, 5.41) is 4.26. The molecule has 9 heteroatoms. The molecule has 174 valence electrons. The van der Waals surface area contributed by atoms with Gasteiger partial charge in [0, 0.05) is 16.9 Å². The molecule has 3 aromatic rings. The fourth-order valence-electron chi connectivity index (χ4n) is 4.17. The van der Waals surface area contributed by atoms with E-state index in [-0.39, 0.29) is 17.7 Å². The highest BCUT2D eigenvalue weighted by Crippen LogP contribution is 2.40. The van der Waals surface area contributed by atoms with Gasteiger partial charge in [-0.3, -0.25) is 20.2 Å². The largest absolute Gasteiger partial charge is 0.497 e. The number of esters is 1. The number of carbonyl (C=O) groups is 4. The Morgan fingerprint density at radius 2 is 1.59 bits per heavy atom. The highest BCUT2D eigenvalue weighted by atomic mass is 16.5. The SMILES string of the molecule is CCOC(=O)c1c(C2C(=O)NC(=O)NC2=O)c(-c2ccccc2)n(-c2ccc(OC)cc2)c1C. The van der Waals surface area contributed by atoms with E-state index < -0.39 is 29.7 Å². The minimum absolute atomic E-state index is 0.0983. The Labute approximate surface area is 195 Å². The summed E-state index contributed by atoms with van der Waals surface area (Å²) in [6, 6.07) is 15.3. The van der Waals surface area contributed by atoms with Crippen LogP contribution in [0.25, 0.3) is 16.9 Å². The van der Waals surface area contributed by atoms with Crippen molar-refractivity contribution in [3.8, 4) is 22.7 Å². The second-order valence-corrected chi connectivity index (χ2v) is 7.58. The van der Waals surface area contributed by atoms with Crippen molar-refractivity contribution >= 4 is 23.8 Å². The van der Waals surface area contributed by atoms with Gasteiger partial charge in [0.1, 0.15) is 11.7 Å². The molecule has 1 aliphatic heterocycles. The Morgan fingerprint density at radius 3 is 2.15 bits per heavy atom. The number of hydrogen-bond acceptors (Lipinski definition) is 6. The van der Waals surface area contributed by atoms with E-state index in [1.165, 1.54) is 0 Å². The molecule has 1 saturated heterocycles. The summed E-state index contributed by atoms with van der Waals surface area (Å²) < 4.78 is 12.4. The van der Waals surface area contributed by atoms with Crippen LogP contribution in [0.3, 0.4) is 0 Å². The van der Waals surface area contributed by atoms with Gasteiger partial charge < -0.3 is 14.0 Å². The van der Waals surface area contributed by atoms with Gasteiger partial charge in [-0.1, -0.05) is 30.3 Å². The minimum Gasteiger partial charge on any atom is -0.497 e. The lowest BCUT2D eigenvalue weighted by Gasteiger charge is -2.23. The van der Waals surface area contributed by atoms with Crippen molar-refractivity contribution < 1.29 is 28.7 Å². The fourth-order valence-corrected chi connectivity index (χ4v) is 4.17. The lowest BCUT2D eigenvalue weighted by molar-refractivity contribution is -0.132. The van der Waals surface area contributed by atoms with Gasteiger partial charge in [-0.25, -0.2) is 9.59 Å². The van der Waals surface area contributed by atoms with Crippen LogP contribution in [-0.2, 0) is 14.3 Å². The lowest BCUT2D eigenvalue weighted by Crippen LogP contribution is -2.54. The predicted octanol–water partition coefficient (Wildman–Crippen LogP) is 3.09. The van der Waals surface area contributed by atoms with Crippen molar-refractivity contribution in [2.75, 3.05) is 13.7 Å². The molecule has 9 nitrogen and oxygen atoms in total. The molecule has 1 aromatic heterocycles. The molecular weight excluding hydrogens is 438 g/mol. The molecule has 1 aliphatic rings. The van der Waals surface area contributed by atoms with Crippen molar-refractivity contribution in [3.63, 3.8) is 0 Å². The van der Waals surface area contributed by atoms with Gasteiger partial charge in [0.05, 0.1) is 25.0 Å². The molecule has 0 radical (unpaired) electrons. The quantitative estimate of drug-likeness (QED) is 0.431. The first-order valence-corrected chi connectivity index (χ1v) is 10.6. The number of barbiturate groups is 1. The van der Waals surface area contributed by atoms with E-state index in [2.05, 4.69) is 10.6 Å². The van der Waals surface area contributed by atoms with Gasteiger partial charge in [0.25, 0.3) is 0 Å². The molecule has 0 unspecified atom stereocenters. The van der Waals surface area contributed by atoms with Crippen LogP contribution in [-0.4, -0.2) is 42.1 Å². The monoisotopic (exact) mass is 461 g/mol. The van der Waals surface area contributed by atoms with E-state index in [9.17, 15) is 19.2 Å². The number of urea groups is 1. The first-order chi connectivity index (χ1) is 16.4. The number of benzene rings is 2. The maximum atomic E-state index is 13.1. The zero-order valence-corrected chi connectivity index (χ0v) is 18.9. The Hall–Kier alpha value is -4.40. The highest BCUT2D eigenvalue weighted by molar-refractivity contribution is 6.21. The molecule has 2 aromatic carbocycles. The van der Waals surface area contributed by atoms with E-state index in [0.29, 0.717) is 28.4 Å². The maximum absolute atomic E-state index is 13.1. The summed E-state index contributed by atoms with van der Waals surface area (Å²) in [7, 11) is 1.56. The highest BCUT2D eigenvalue weighted by Gasteiger charge is 2.42. The molecule has 1 fully saturated rings. The zero-order chi connectivity index (χ0) is 24.4. The summed E-state index contributed by atoms with van der Waals surface area (Å²) in [5.41, 5.74) is 2.57. The van der Waals surface area contributed by atoms with Crippen LogP contribution in [0.4, 0.5) is 4.79 Å². The van der Waals surface area contributed by atoms with Gasteiger partial charge in [0.2, 0.25) is 11.8 Å². The molecule has 0 bridgehead atoms. The molecule has 34 heavy (non-hydrogen) atoms. The number of methoxy groups -OCH3 is 1. The summed E-state index contributed by atoms with van der Waals surface area (Å²) in [6.07, 6.45) is 0. The maximum Gasteiger partial charge on any atom is 0.340 e. The Bertz CT molecular complexity index is 1260. The van der Waals surface area contributed by atoms with E-state index in [4.69, 9.17) is 9.47 Å². The molecule has 2 N–H and O–H groups in total. The predicted molar refractivity (Wildman–Crippen MR) is 123 cm³/mol. The summed E-state index contributed by atoms with van der Waals surface area (Å²) in [4.78, 5) is 50.7. The molecular formula is C25H23N3O6. The number of nitrogens with one attached hydrogen (secondary N) is 2. The van der Waals surface area contributed by atoms with Gasteiger partial charge in [-0.2, -0.15) is 0 Å². The lowest BCUT2D eigenvalue weighted by atomic mass is 9.89. The molecule has 0 saturated carbocycles. The number of aromatic nitrogens is 1. The number of carbonyl (C=O) groups excluding carboxylic acids is 4. The minimum atomic E-state index is -1.44. The first kappa shape index (κ1) is 22.8. The third-order valence-electron chi connectivity index (χ3n) is 5.59. The van der Waals surface area contributed by atoms with Crippen molar-refractivity contribution in [1.29, 1.82) is 0 Å². The number of amides is 4. The van der Waals surface area contributed by atoms with Crippen molar-refractivity contribution in [1.82, 2.24) is 15.2 Å². The van der Waals surface area contributed by atoms with Crippen molar-refractivity contribution in [2.45, 2.75) is 19.8 Å². The van der Waals surface area contributed by atoms with Gasteiger partial charge >= 0.3 is 12.0 Å². The van der Waals surface area contributed by atoms with Crippen LogP contribution in [0.5, 0.6) is 5.75 Å². The van der Waals surface area contributed by atoms with Crippen LogP contribution in [0.1, 0.15) is 34.5 Å². The smallest absolute Gasteiger partial charge is 0.340 e. The Morgan fingerprint density at radius 1 is 0.971 bits per heavy atom. The molecule has 4 rings (SSSR count). The average molecular weight is 461 g/mol. The number of rotatable bonds is 6. The average Bonchev–Trinajstić information content (AvgIpc) is 3.11. The standard InChI is InChI=1S/C25H23N3O6/c1-4-34-24(31)18-14(2)28(16-10-12-17(33-3)13-11-16)21(15-8-6-5-7-9-15)19(18)20-22(29)26-25(32)27-23(20)30/h5-13,20H,4H2,1-3H3,(H2,26,27,29,30,32). The number of imide groups is 2. The summed E-state index contributed by atoms with van der Waals surface area (Å²) >= 11 is 0. The van der Waals surface area contributed by atoms with Crippen molar-refractivity contribution in [2.24, 2.45) is 0 Å².